The van der Waals surface area contributed by atoms with Gasteiger partial charge in [0, 0.05) is 6.92 Å². The van der Waals surface area contributed by atoms with Crippen LogP contribution in [0.25, 0.3) is 0 Å². The second-order valence-electron chi connectivity index (χ2n) is 3.94. The molecule has 0 aromatic rings. The van der Waals surface area contributed by atoms with Crippen LogP contribution < -0.4 is 0 Å². The fourth-order valence-electron chi connectivity index (χ4n) is 1.60. The van der Waals surface area contributed by atoms with Crippen molar-refractivity contribution in [2.24, 2.45) is 0 Å². The number of unbranched alkanes of at least 4 members (excludes halogenated alkanes) is 3. The molecule has 0 spiro atoms. The highest BCUT2D eigenvalue weighted by Gasteiger charge is 2.30. The van der Waals surface area contributed by atoms with Gasteiger partial charge >= 0.3 is 5.97 Å². The van der Waals surface area contributed by atoms with Gasteiger partial charge in [0.05, 0.1) is 0 Å². The van der Waals surface area contributed by atoms with E-state index in [1.54, 1.807) is 0 Å². The van der Waals surface area contributed by atoms with E-state index in [2.05, 4.69) is 6.92 Å². The van der Waals surface area contributed by atoms with E-state index in [1.807, 2.05) is 6.92 Å². The summed E-state index contributed by atoms with van der Waals surface area (Å²) in [6, 6.07) is 0. The van der Waals surface area contributed by atoms with E-state index in [4.69, 9.17) is 4.74 Å². The van der Waals surface area contributed by atoms with Crippen molar-refractivity contribution in [1.29, 1.82) is 0 Å². The molecule has 1 unspecified atom stereocenters. The molecule has 0 aliphatic heterocycles. The lowest BCUT2D eigenvalue weighted by molar-refractivity contribution is -0.161. The Labute approximate surface area is 92.2 Å². The van der Waals surface area contributed by atoms with E-state index in [0.29, 0.717) is 12.8 Å². The molecule has 0 fully saturated rings. The van der Waals surface area contributed by atoms with Gasteiger partial charge in [-0.2, -0.15) is 0 Å². The first-order chi connectivity index (χ1) is 7.10. The molecule has 0 aromatic heterocycles. The average Bonchev–Trinajstić information content (AvgIpc) is 2.22. The van der Waals surface area contributed by atoms with Gasteiger partial charge in [-0.25, -0.2) is 0 Å². The lowest BCUT2D eigenvalue weighted by Crippen LogP contribution is -2.35. The molecule has 0 amide bonds. The van der Waals surface area contributed by atoms with Crippen molar-refractivity contribution in [3.05, 3.63) is 0 Å². The lowest BCUT2D eigenvalue weighted by Gasteiger charge is -2.26. The highest BCUT2D eigenvalue weighted by atomic mass is 16.6. The van der Waals surface area contributed by atoms with Crippen molar-refractivity contribution < 1.29 is 14.3 Å². The second kappa shape index (κ2) is 7.43. The normalized spacial score (nSPS) is 14.3. The molecule has 0 rings (SSSR count). The monoisotopic (exact) mass is 214 g/mol. The Morgan fingerprint density at radius 1 is 1.27 bits per heavy atom. The molecule has 0 aromatic carbocycles. The van der Waals surface area contributed by atoms with Crippen LogP contribution in [0.4, 0.5) is 0 Å². The van der Waals surface area contributed by atoms with Crippen LogP contribution in [-0.2, 0) is 14.3 Å². The molecule has 0 aliphatic rings. The molecule has 1 atom stereocenters. The molecule has 0 N–H and O–H groups in total. The number of hydrogen-bond donors (Lipinski definition) is 0. The van der Waals surface area contributed by atoms with E-state index < -0.39 is 5.60 Å². The van der Waals surface area contributed by atoms with Crippen LogP contribution in [0.15, 0.2) is 0 Å². The van der Waals surface area contributed by atoms with Crippen molar-refractivity contribution in [2.75, 3.05) is 0 Å². The molecule has 0 saturated heterocycles. The maximum absolute atomic E-state index is 11.0. The Morgan fingerprint density at radius 2 is 1.93 bits per heavy atom. The van der Waals surface area contributed by atoms with Crippen LogP contribution in [0.2, 0.25) is 0 Å². The topological polar surface area (TPSA) is 43.4 Å². The summed E-state index contributed by atoms with van der Waals surface area (Å²) in [5.74, 6) is -0.376. The molecule has 0 saturated carbocycles. The number of carbonyl (C=O) groups is 2. The first-order valence-electron chi connectivity index (χ1n) is 5.76. The molecule has 0 radical (unpaired) electrons. The predicted molar refractivity (Wildman–Crippen MR) is 59.6 cm³/mol. The number of ether oxygens (including phenoxy) is 1. The van der Waals surface area contributed by atoms with Crippen LogP contribution >= 0.6 is 0 Å². The minimum absolute atomic E-state index is 0.376. The largest absolute Gasteiger partial charge is 0.452 e. The zero-order chi connectivity index (χ0) is 11.7. The van der Waals surface area contributed by atoms with E-state index in [-0.39, 0.29) is 5.97 Å². The minimum Gasteiger partial charge on any atom is -0.452 e. The summed E-state index contributed by atoms with van der Waals surface area (Å²) in [5, 5.41) is 0. The van der Waals surface area contributed by atoms with Gasteiger partial charge in [0.25, 0.3) is 0 Å². The summed E-state index contributed by atoms with van der Waals surface area (Å²) in [4.78, 5) is 21.9. The molecule has 15 heavy (non-hydrogen) atoms. The Bertz CT molecular complexity index is 201. The third kappa shape index (κ3) is 5.55. The maximum atomic E-state index is 11.0. The zero-order valence-corrected chi connectivity index (χ0v) is 10.0. The molecule has 0 bridgehead atoms. The number of esters is 1. The average molecular weight is 214 g/mol. The summed E-state index contributed by atoms with van der Waals surface area (Å²) < 4.78 is 5.11. The molecule has 3 nitrogen and oxygen atoms in total. The van der Waals surface area contributed by atoms with E-state index >= 15 is 0 Å². The Hall–Kier alpha value is -0.860. The maximum Gasteiger partial charge on any atom is 0.303 e. The molecule has 0 aliphatic carbocycles. The number of aldehydes is 1. The van der Waals surface area contributed by atoms with Gasteiger partial charge in [-0.15, -0.1) is 0 Å². The third-order valence-electron chi connectivity index (χ3n) is 2.61. The van der Waals surface area contributed by atoms with Gasteiger partial charge in [0.15, 0.2) is 11.9 Å². The molecule has 0 heterocycles. The van der Waals surface area contributed by atoms with Crippen LogP contribution in [0.1, 0.15) is 59.3 Å². The second-order valence-corrected chi connectivity index (χ2v) is 3.94. The highest BCUT2D eigenvalue weighted by molar-refractivity contribution is 5.72. The van der Waals surface area contributed by atoms with Gasteiger partial charge < -0.3 is 4.74 Å². The summed E-state index contributed by atoms with van der Waals surface area (Å²) in [6.07, 6.45) is 6.34. The van der Waals surface area contributed by atoms with Crippen LogP contribution in [0, 0.1) is 0 Å². The lowest BCUT2D eigenvalue weighted by atomic mass is 9.94. The van der Waals surface area contributed by atoms with Gasteiger partial charge in [0.2, 0.25) is 0 Å². The van der Waals surface area contributed by atoms with Crippen molar-refractivity contribution >= 4 is 12.3 Å². The van der Waals surface area contributed by atoms with Crippen LogP contribution in [0.3, 0.4) is 0 Å². The van der Waals surface area contributed by atoms with Gasteiger partial charge in [-0.05, 0) is 19.3 Å². The summed E-state index contributed by atoms with van der Waals surface area (Å²) in [6.45, 7) is 5.36. The zero-order valence-electron chi connectivity index (χ0n) is 10.0. The molecular weight excluding hydrogens is 192 g/mol. The highest BCUT2D eigenvalue weighted by Crippen LogP contribution is 2.22. The van der Waals surface area contributed by atoms with Crippen LogP contribution in [-0.4, -0.2) is 17.9 Å². The fraction of sp³-hybridized carbons (Fsp3) is 0.833. The van der Waals surface area contributed by atoms with E-state index in [1.165, 1.54) is 13.3 Å². The minimum atomic E-state index is -0.875. The number of rotatable bonds is 8. The molecule has 3 heteroatoms. The first-order valence-corrected chi connectivity index (χ1v) is 5.76. The molecular formula is C12H22O3. The molecule has 88 valence electrons. The Kier molecular flexibility index (Phi) is 7.01. The first kappa shape index (κ1) is 14.1. The Morgan fingerprint density at radius 3 is 2.33 bits per heavy atom. The quantitative estimate of drug-likeness (QED) is 0.354. The standard InChI is InChI=1S/C12H22O3/c1-4-6-7-8-9-12(5-2,10-13)15-11(3)14/h10H,4-9H2,1-3H3. The number of hydrogen-bond acceptors (Lipinski definition) is 3. The van der Waals surface area contributed by atoms with E-state index in [9.17, 15) is 9.59 Å². The van der Waals surface area contributed by atoms with Gasteiger partial charge in [0.1, 0.15) is 0 Å². The van der Waals surface area contributed by atoms with Crippen LogP contribution in [0.5, 0.6) is 0 Å². The van der Waals surface area contributed by atoms with Crippen molar-refractivity contribution in [1.82, 2.24) is 0 Å². The number of carbonyl (C=O) groups excluding carboxylic acids is 2. The predicted octanol–water partition coefficient (Wildman–Crippen LogP) is 2.87. The van der Waals surface area contributed by atoms with Gasteiger partial charge in [-0.1, -0.05) is 33.1 Å². The summed E-state index contributed by atoms with van der Waals surface area (Å²) in [5.41, 5.74) is -0.875. The van der Waals surface area contributed by atoms with Crippen molar-refractivity contribution in [2.45, 2.75) is 64.9 Å². The van der Waals surface area contributed by atoms with Crippen molar-refractivity contribution in [3.8, 4) is 0 Å². The van der Waals surface area contributed by atoms with Crippen molar-refractivity contribution in [3.63, 3.8) is 0 Å². The van der Waals surface area contributed by atoms with Gasteiger partial charge in [-0.3, -0.25) is 9.59 Å². The SMILES string of the molecule is CCCCCCC(C=O)(CC)OC(C)=O. The fourth-order valence-corrected chi connectivity index (χ4v) is 1.60. The summed E-state index contributed by atoms with van der Waals surface area (Å²) in [7, 11) is 0. The summed E-state index contributed by atoms with van der Waals surface area (Å²) >= 11 is 0. The third-order valence-corrected chi connectivity index (χ3v) is 2.61. The van der Waals surface area contributed by atoms with E-state index in [0.717, 1.165) is 25.5 Å². The Balaban J connectivity index is 4.11. The smallest absolute Gasteiger partial charge is 0.303 e.